The molecule has 0 saturated carbocycles. The second-order valence-corrected chi connectivity index (χ2v) is 4.54. The fourth-order valence-electron chi connectivity index (χ4n) is 2.23. The SMILES string of the molecule is c1ccc2[nH]c(NCC3CCOCC3)nc2c1. The predicted molar refractivity (Wildman–Crippen MR) is 68.1 cm³/mol. The maximum absolute atomic E-state index is 5.35. The molecule has 0 atom stereocenters. The number of aromatic amines is 1. The number of rotatable bonds is 3. The summed E-state index contributed by atoms with van der Waals surface area (Å²) in [5, 5.41) is 3.38. The molecular formula is C13H17N3O. The van der Waals surface area contributed by atoms with E-state index in [1.165, 1.54) is 0 Å². The number of anilines is 1. The van der Waals surface area contributed by atoms with E-state index in [9.17, 15) is 0 Å². The number of imidazole rings is 1. The van der Waals surface area contributed by atoms with E-state index in [-0.39, 0.29) is 0 Å². The lowest BCUT2D eigenvalue weighted by Crippen LogP contribution is -2.22. The van der Waals surface area contributed by atoms with Crippen molar-refractivity contribution in [1.82, 2.24) is 9.97 Å². The summed E-state index contributed by atoms with van der Waals surface area (Å²) < 4.78 is 5.35. The van der Waals surface area contributed by atoms with Crippen molar-refractivity contribution in [3.8, 4) is 0 Å². The standard InChI is InChI=1S/C13H17N3O/c1-2-4-12-11(3-1)15-13(16-12)14-9-10-5-7-17-8-6-10/h1-4,10H,5-9H2,(H2,14,15,16). The summed E-state index contributed by atoms with van der Waals surface area (Å²) in [4.78, 5) is 7.78. The zero-order valence-electron chi connectivity index (χ0n) is 9.78. The summed E-state index contributed by atoms with van der Waals surface area (Å²) in [6, 6.07) is 8.08. The molecule has 0 spiro atoms. The molecule has 0 aliphatic carbocycles. The van der Waals surface area contributed by atoms with Crippen molar-refractivity contribution in [2.75, 3.05) is 25.1 Å². The molecule has 1 aromatic heterocycles. The molecule has 0 radical (unpaired) electrons. The van der Waals surface area contributed by atoms with Gasteiger partial charge < -0.3 is 15.0 Å². The monoisotopic (exact) mass is 231 g/mol. The van der Waals surface area contributed by atoms with Crippen molar-refractivity contribution in [2.24, 2.45) is 5.92 Å². The van der Waals surface area contributed by atoms with Crippen molar-refractivity contribution in [3.63, 3.8) is 0 Å². The number of benzene rings is 1. The minimum absolute atomic E-state index is 0.706. The second kappa shape index (κ2) is 4.75. The minimum Gasteiger partial charge on any atom is -0.381 e. The summed E-state index contributed by atoms with van der Waals surface area (Å²) in [6.07, 6.45) is 2.29. The average Bonchev–Trinajstić information content (AvgIpc) is 2.80. The van der Waals surface area contributed by atoms with Crippen LogP contribution in [0.25, 0.3) is 11.0 Å². The molecule has 90 valence electrons. The van der Waals surface area contributed by atoms with Crippen LogP contribution in [-0.2, 0) is 4.74 Å². The smallest absolute Gasteiger partial charge is 0.201 e. The van der Waals surface area contributed by atoms with Gasteiger partial charge in [-0.15, -0.1) is 0 Å². The fourth-order valence-corrected chi connectivity index (χ4v) is 2.23. The molecule has 17 heavy (non-hydrogen) atoms. The van der Waals surface area contributed by atoms with Gasteiger partial charge in [0, 0.05) is 19.8 Å². The third kappa shape index (κ3) is 2.42. The van der Waals surface area contributed by atoms with Gasteiger partial charge >= 0.3 is 0 Å². The molecule has 0 amide bonds. The summed E-state index contributed by atoms with van der Waals surface area (Å²) >= 11 is 0. The van der Waals surface area contributed by atoms with E-state index in [2.05, 4.69) is 15.3 Å². The fraction of sp³-hybridized carbons (Fsp3) is 0.462. The Balaban J connectivity index is 1.64. The van der Waals surface area contributed by atoms with Crippen LogP contribution in [0, 0.1) is 5.92 Å². The first kappa shape index (κ1) is 10.6. The zero-order chi connectivity index (χ0) is 11.5. The quantitative estimate of drug-likeness (QED) is 0.852. The van der Waals surface area contributed by atoms with Crippen molar-refractivity contribution in [3.05, 3.63) is 24.3 Å². The highest BCUT2D eigenvalue weighted by molar-refractivity contribution is 5.77. The molecule has 1 aromatic carbocycles. The van der Waals surface area contributed by atoms with Crippen LogP contribution < -0.4 is 5.32 Å². The van der Waals surface area contributed by atoms with Gasteiger partial charge in [-0.3, -0.25) is 0 Å². The van der Waals surface area contributed by atoms with Gasteiger partial charge in [0.25, 0.3) is 0 Å². The molecule has 4 nitrogen and oxygen atoms in total. The van der Waals surface area contributed by atoms with Crippen LogP contribution in [0.2, 0.25) is 0 Å². The number of nitrogens with one attached hydrogen (secondary N) is 2. The van der Waals surface area contributed by atoms with Gasteiger partial charge in [0.15, 0.2) is 0 Å². The Hall–Kier alpha value is -1.55. The van der Waals surface area contributed by atoms with Gasteiger partial charge in [-0.25, -0.2) is 4.98 Å². The van der Waals surface area contributed by atoms with Crippen LogP contribution in [0.4, 0.5) is 5.95 Å². The Morgan fingerprint density at radius 2 is 2.12 bits per heavy atom. The number of hydrogen-bond donors (Lipinski definition) is 2. The number of nitrogens with zero attached hydrogens (tertiary/aromatic N) is 1. The lowest BCUT2D eigenvalue weighted by molar-refractivity contribution is 0.0699. The molecule has 1 aliphatic rings. The molecule has 1 aliphatic heterocycles. The molecule has 0 unspecified atom stereocenters. The van der Waals surface area contributed by atoms with Crippen LogP contribution in [-0.4, -0.2) is 29.7 Å². The van der Waals surface area contributed by atoms with E-state index in [4.69, 9.17) is 4.74 Å². The van der Waals surface area contributed by atoms with Gasteiger partial charge in [0.05, 0.1) is 11.0 Å². The molecule has 4 heteroatoms. The highest BCUT2D eigenvalue weighted by atomic mass is 16.5. The van der Waals surface area contributed by atoms with Crippen LogP contribution >= 0.6 is 0 Å². The van der Waals surface area contributed by atoms with E-state index >= 15 is 0 Å². The molecule has 0 bridgehead atoms. The number of H-pyrrole nitrogens is 1. The maximum Gasteiger partial charge on any atom is 0.201 e. The third-order valence-corrected chi connectivity index (χ3v) is 3.29. The molecule has 3 rings (SSSR count). The average molecular weight is 231 g/mol. The van der Waals surface area contributed by atoms with Crippen LogP contribution in [0.1, 0.15) is 12.8 Å². The largest absolute Gasteiger partial charge is 0.381 e. The Morgan fingerprint density at radius 1 is 1.29 bits per heavy atom. The first-order chi connectivity index (χ1) is 8.42. The summed E-state index contributed by atoms with van der Waals surface area (Å²) in [7, 11) is 0. The highest BCUT2D eigenvalue weighted by Gasteiger charge is 2.13. The van der Waals surface area contributed by atoms with Crippen LogP contribution in [0.5, 0.6) is 0 Å². The Kier molecular flexibility index (Phi) is 2.96. The first-order valence-corrected chi connectivity index (χ1v) is 6.18. The van der Waals surface area contributed by atoms with Crippen molar-refractivity contribution in [1.29, 1.82) is 0 Å². The van der Waals surface area contributed by atoms with Crippen LogP contribution in [0.15, 0.2) is 24.3 Å². The zero-order valence-corrected chi connectivity index (χ0v) is 9.78. The molecule has 1 fully saturated rings. The van der Waals surface area contributed by atoms with Gasteiger partial charge in [-0.05, 0) is 30.9 Å². The number of fused-ring (bicyclic) bond motifs is 1. The molecule has 2 heterocycles. The predicted octanol–water partition coefficient (Wildman–Crippen LogP) is 2.40. The molecule has 2 N–H and O–H groups in total. The van der Waals surface area contributed by atoms with E-state index in [1.807, 2.05) is 24.3 Å². The number of ether oxygens (including phenoxy) is 1. The maximum atomic E-state index is 5.35. The topological polar surface area (TPSA) is 49.9 Å². The van der Waals surface area contributed by atoms with Gasteiger partial charge in [-0.2, -0.15) is 0 Å². The Labute approximate surface area is 100 Å². The lowest BCUT2D eigenvalue weighted by atomic mass is 10.0. The Bertz CT molecular complexity index is 455. The van der Waals surface area contributed by atoms with E-state index < -0.39 is 0 Å². The lowest BCUT2D eigenvalue weighted by Gasteiger charge is -2.21. The summed E-state index contributed by atoms with van der Waals surface area (Å²) in [5.74, 6) is 1.58. The molecule has 2 aromatic rings. The molecule has 1 saturated heterocycles. The van der Waals surface area contributed by atoms with E-state index in [1.54, 1.807) is 0 Å². The second-order valence-electron chi connectivity index (χ2n) is 4.54. The van der Waals surface area contributed by atoms with Crippen molar-refractivity contribution >= 4 is 17.0 Å². The van der Waals surface area contributed by atoms with Gasteiger partial charge in [0.1, 0.15) is 0 Å². The first-order valence-electron chi connectivity index (χ1n) is 6.18. The van der Waals surface area contributed by atoms with Gasteiger partial charge in [-0.1, -0.05) is 12.1 Å². The normalized spacial score (nSPS) is 17.4. The third-order valence-electron chi connectivity index (χ3n) is 3.29. The molecular weight excluding hydrogens is 214 g/mol. The number of hydrogen-bond acceptors (Lipinski definition) is 3. The Morgan fingerprint density at radius 3 is 2.94 bits per heavy atom. The summed E-state index contributed by atoms with van der Waals surface area (Å²) in [5.41, 5.74) is 2.10. The van der Waals surface area contributed by atoms with Crippen molar-refractivity contribution in [2.45, 2.75) is 12.8 Å². The number of aromatic nitrogens is 2. The summed E-state index contributed by atoms with van der Waals surface area (Å²) in [6.45, 7) is 2.77. The van der Waals surface area contributed by atoms with E-state index in [0.29, 0.717) is 5.92 Å². The van der Waals surface area contributed by atoms with Crippen molar-refractivity contribution < 1.29 is 4.74 Å². The van der Waals surface area contributed by atoms with Crippen LogP contribution in [0.3, 0.4) is 0 Å². The minimum atomic E-state index is 0.706. The number of para-hydroxylation sites is 2. The van der Waals surface area contributed by atoms with Gasteiger partial charge in [0.2, 0.25) is 5.95 Å². The van der Waals surface area contributed by atoms with E-state index in [0.717, 1.165) is 49.6 Å². The highest BCUT2D eigenvalue weighted by Crippen LogP contribution is 2.17.